The van der Waals surface area contributed by atoms with Gasteiger partial charge >= 0.3 is 0 Å². The smallest absolute Gasteiger partial charge is 0.0400 e. The highest BCUT2D eigenvalue weighted by molar-refractivity contribution is 5.41. The van der Waals surface area contributed by atoms with E-state index in [0.717, 1.165) is 13.0 Å². The van der Waals surface area contributed by atoms with Crippen LogP contribution in [0.2, 0.25) is 0 Å². The third kappa shape index (κ3) is 4.76. The van der Waals surface area contributed by atoms with E-state index in [-0.39, 0.29) is 5.41 Å². The Bertz CT molecular complexity index is 789. The van der Waals surface area contributed by atoms with E-state index in [1.165, 1.54) is 22.4 Å². The fourth-order valence-electron chi connectivity index (χ4n) is 3.41. The normalized spacial score (nSPS) is 17.0. The Balaban J connectivity index is 1.84. The van der Waals surface area contributed by atoms with Crippen molar-refractivity contribution >= 4 is 0 Å². The zero-order valence-electron chi connectivity index (χ0n) is 16.1. The van der Waals surface area contributed by atoms with Crippen LogP contribution in [0.3, 0.4) is 0 Å². The molecule has 1 unspecified atom stereocenters. The van der Waals surface area contributed by atoms with Gasteiger partial charge in [0, 0.05) is 18.2 Å². The first-order valence-electron chi connectivity index (χ1n) is 9.44. The summed E-state index contributed by atoms with van der Waals surface area (Å²) in [5.74, 6) is 0.382. The number of hydrogen-bond donors (Lipinski definition) is 1. The van der Waals surface area contributed by atoms with Crippen molar-refractivity contribution in [2.24, 2.45) is 5.41 Å². The Morgan fingerprint density at radius 1 is 0.962 bits per heavy atom. The molecular formula is C25H29N. The first-order valence-corrected chi connectivity index (χ1v) is 9.44. The molecule has 0 spiro atoms. The Kier molecular flexibility index (Phi) is 5.78. The second-order valence-electron chi connectivity index (χ2n) is 8.00. The minimum Gasteiger partial charge on any atom is -0.381 e. The molecule has 0 radical (unpaired) electrons. The standard InChI is InChI=1S/C25H29N/c1-25(2,3)23(21-14-8-5-9-15-21)18-22-16-10-11-17-24(22)26-19-20-12-6-4-7-13-20/h4-15,17-18,23,26H,16,19H2,1-3H3. The van der Waals surface area contributed by atoms with Gasteiger partial charge in [-0.25, -0.2) is 0 Å². The summed E-state index contributed by atoms with van der Waals surface area (Å²) in [5, 5.41) is 3.64. The van der Waals surface area contributed by atoms with Crippen LogP contribution < -0.4 is 5.32 Å². The van der Waals surface area contributed by atoms with Crippen LogP contribution in [0.5, 0.6) is 0 Å². The third-order valence-corrected chi connectivity index (χ3v) is 4.87. The molecule has 1 nitrogen and oxygen atoms in total. The second kappa shape index (κ2) is 8.23. The van der Waals surface area contributed by atoms with E-state index in [9.17, 15) is 0 Å². The molecule has 0 amide bonds. The lowest BCUT2D eigenvalue weighted by molar-refractivity contribution is 0.365. The van der Waals surface area contributed by atoms with Crippen LogP contribution in [0.4, 0.5) is 0 Å². The van der Waals surface area contributed by atoms with Gasteiger partial charge in [-0.15, -0.1) is 0 Å². The quantitative estimate of drug-likeness (QED) is 0.664. The van der Waals surface area contributed by atoms with Crippen LogP contribution in [0, 0.1) is 5.41 Å². The van der Waals surface area contributed by atoms with E-state index >= 15 is 0 Å². The summed E-state index contributed by atoms with van der Waals surface area (Å²) < 4.78 is 0. The molecule has 0 aliphatic heterocycles. The molecule has 26 heavy (non-hydrogen) atoms. The monoisotopic (exact) mass is 343 g/mol. The highest BCUT2D eigenvalue weighted by Gasteiger charge is 2.25. The third-order valence-electron chi connectivity index (χ3n) is 4.87. The fraction of sp³-hybridized carbons (Fsp3) is 0.280. The molecule has 0 bridgehead atoms. The minimum absolute atomic E-state index is 0.167. The molecule has 0 fully saturated rings. The van der Waals surface area contributed by atoms with E-state index in [0.29, 0.717) is 5.92 Å². The van der Waals surface area contributed by atoms with E-state index in [4.69, 9.17) is 0 Å². The highest BCUT2D eigenvalue weighted by atomic mass is 14.9. The van der Waals surface area contributed by atoms with Crippen molar-refractivity contribution in [3.63, 3.8) is 0 Å². The van der Waals surface area contributed by atoms with Gasteiger partial charge in [0.25, 0.3) is 0 Å². The van der Waals surface area contributed by atoms with Crippen LogP contribution in [0.25, 0.3) is 0 Å². The van der Waals surface area contributed by atoms with Gasteiger partial charge < -0.3 is 5.32 Å². The molecular weight excluding hydrogens is 314 g/mol. The number of nitrogens with one attached hydrogen (secondary N) is 1. The van der Waals surface area contributed by atoms with Gasteiger partial charge in [0.15, 0.2) is 0 Å². The summed E-state index contributed by atoms with van der Waals surface area (Å²) in [4.78, 5) is 0. The largest absolute Gasteiger partial charge is 0.381 e. The molecule has 0 saturated heterocycles. The van der Waals surface area contributed by atoms with Gasteiger partial charge in [0.1, 0.15) is 0 Å². The predicted molar refractivity (Wildman–Crippen MR) is 112 cm³/mol. The van der Waals surface area contributed by atoms with Crippen molar-refractivity contribution < 1.29 is 0 Å². The Morgan fingerprint density at radius 2 is 1.62 bits per heavy atom. The SMILES string of the molecule is CC(C)(C)C(C=C1CC=CC=C1NCc1ccccc1)c1ccccc1. The summed E-state index contributed by atoms with van der Waals surface area (Å²) in [7, 11) is 0. The maximum Gasteiger partial charge on any atom is 0.0400 e. The molecule has 134 valence electrons. The second-order valence-corrected chi connectivity index (χ2v) is 8.00. The van der Waals surface area contributed by atoms with Crippen LogP contribution in [-0.2, 0) is 6.54 Å². The molecule has 1 aliphatic carbocycles. The first kappa shape index (κ1) is 18.3. The minimum atomic E-state index is 0.167. The van der Waals surface area contributed by atoms with Gasteiger partial charge in [0.2, 0.25) is 0 Å². The zero-order valence-corrected chi connectivity index (χ0v) is 16.1. The summed E-state index contributed by atoms with van der Waals surface area (Å²) in [6.45, 7) is 7.81. The molecule has 1 heteroatoms. The van der Waals surface area contributed by atoms with Crippen LogP contribution in [0.1, 0.15) is 44.2 Å². The van der Waals surface area contributed by atoms with Gasteiger partial charge in [-0.2, -0.15) is 0 Å². The Labute approximate surface area is 158 Å². The van der Waals surface area contributed by atoms with Gasteiger partial charge in [0.05, 0.1) is 0 Å². The predicted octanol–water partition coefficient (Wildman–Crippen LogP) is 6.38. The summed E-state index contributed by atoms with van der Waals surface area (Å²) >= 11 is 0. The fourth-order valence-corrected chi connectivity index (χ4v) is 3.41. The topological polar surface area (TPSA) is 12.0 Å². The van der Waals surface area contributed by atoms with Crippen molar-refractivity contribution in [2.75, 3.05) is 0 Å². The van der Waals surface area contributed by atoms with Crippen molar-refractivity contribution in [3.05, 3.63) is 107 Å². The molecule has 1 N–H and O–H groups in total. The summed E-state index contributed by atoms with van der Waals surface area (Å²) in [6, 6.07) is 21.4. The molecule has 3 rings (SSSR count). The molecule has 2 aromatic carbocycles. The molecule has 0 heterocycles. The number of allylic oxidation sites excluding steroid dienone is 5. The molecule has 1 aliphatic rings. The first-order chi connectivity index (χ1) is 12.5. The molecule has 0 saturated carbocycles. The van der Waals surface area contributed by atoms with Crippen molar-refractivity contribution in [3.8, 4) is 0 Å². The zero-order chi connectivity index (χ0) is 18.4. The number of hydrogen-bond acceptors (Lipinski definition) is 1. The van der Waals surface area contributed by atoms with E-state index in [1.807, 2.05) is 0 Å². The lowest BCUT2D eigenvalue weighted by atomic mass is 9.75. The molecule has 2 aromatic rings. The summed E-state index contributed by atoms with van der Waals surface area (Å²) in [5.41, 5.74) is 5.47. The van der Waals surface area contributed by atoms with Crippen LogP contribution in [0.15, 0.2) is 96.2 Å². The number of rotatable bonds is 5. The van der Waals surface area contributed by atoms with Crippen molar-refractivity contribution in [1.29, 1.82) is 0 Å². The van der Waals surface area contributed by atoms with E-state index in [1.54, 1.807) is 0 Å². The average molecular weight is 344 g/mol. The van der Waals surface area contributed by atoms with Crippen molar-refractivity contribution in [2.45, 2.75) is 39.7 Å². The molecule has 1 atom stereocenters. The van der Waals surface area contributed by atoms with Gasteiger partial charge in [-0.1, -0.05) is 99.7 Å². The lowest BCUT2D eigenvalue weighted by Gasteiger charge is -2.30. The van der Waals surface area contributed by atoms with Crippen molar-refractivity contribution in [1.82, 2.24) is 5.32 Å². The number of benzene rings is 2. The Hall–Kier alpha value is -2.54. The van der Waals surface area contributed by atoms with E-state index in [2.05, 4.69) is 111 Å². The average Bonchev–Trinajstić information content (AvgIpc) is 2.66. The highest BCUT2D eigenvalue weighted by Crippen LogP contribution is 2.38. The lowest BCUT2D eigenvalue weighted by Crippen LogP contribution is -2.20. The van der Waals surface area contributed by atoms with Gasteiger partial charge in [-0.3, -0.25) is 0 Å². The van der Waals surface area contributed by atoms with Gasteiger partial charge in [-0.05, 0) is 34.6 Å². The Morgan fingerprint density at radius 3 is 2.27 bits per heavy atom. The molecule has 0 aromatic heterocycles. The maximum atomic E-state index is 3.64. The maximum absolute atomic E-state index is 3.64. The summed E-state index contributed by atoms with van der Waals surface area (Å²) in [6.07, 6.45) is 10.0. The van der Waals surface area contributed by atoms with Crippen LogP contribution in [-0.4, -0.2) is 0 Å². The van der Waals surface area contributed by atoms with Crippen LogP contribution >= 0.6 is 0 Å². The van der Waals surface area contributed by atoms with E-state index < -0.39 is 0 Å².